The molecule has 0 aromatic heterocycles. The summed E-state index contributed by atoms with van der Waals surface area (Å²) < 4.78 is 67.4. The van der Waals surface area contributed by atoms with Crippen LogP contribution in [-0.4, -0.2) is 31.2 Å². The van der Waals surface area contributed by atoms with E-state index in [1.807, 2.05) is 12.1 Å². The zero-order chi connectivity index (χ0) is 23.1. The molecule has 3 atom stereocenters. The van der Waals surface area contributed by atoms with Gasteiger partial charge in [-0.1, -0.05) is 30.3 Å². The third kappa shape index (κ3) is 4.41. The lowest BCUT2D eigenvalue weighted by Gasteiger charge is -2.30. The number of carbonyl (C=O) groups excluding carboxylic acids is 1. The Kier molecular flexibility index (Phi) is 6.06. The molecule has 0 saturated carbocycles. The Balaban J connectivity index is 1.68. The van der Waals surface area contributed by atoms with Gasteiger partial charge in [0.1, 0.15) is 0 Å². The predicted molar refractivity (Wildman–Crippen MR) is 113 cm³/mol. The van der Waals surface area contributed by atoms with Crippen molar-refractivity contribution in [3.8, 4) is 0 Å². The van der Waals surface area contributed by atoms with Crippen LogP contribution >= 0.6 is 0 Å². The lowest BCUT2D eigenvalue weighted by molar-refractivity contribution is -0.137. The Labute approximate surface area is 185 Å². The van der Waals surface area contributed by atoms with Gasteiger partial charge in [0.2, 0.25) is 15.9 Å². The molecule has 0 radical (unpaired) electrons. The fourth-order valence-electron chi connectivity index (χ4n) is 5.17. The van der Waals surface area contributed by atoms with Gasteiger partial charge in [0.25, 0.3) is 0 Å². The number of rotatable bonds is 5. The summed E-state index contributed by atoms with van der Waals surface area (Å²) in [5.74, 6) is -0.539. The average Bonchev–Trinajstić information content (AvgIpc) is 3.16. The van der Waals surface area contributed by atoms with Gasteiger partial charge in [-0.2, -0.15) is 17.5 Å². The third-order valence-electron chi connectivity index (χ3n) is 6.59. The maximum Gasteiger partial charge on any atom is 0.416 e. The summed E-state index contributed by atoms with van der Waals surface area (Å²) in [4.78, 5) is 11.3. The quantitative estimate of drug-likeness (QED) is 0.721. The zero-order valence-corrected chi connectivity index (χ0v) is 18.2. The summed E-state index contributed by atoms with van der Waals surface area (Å²) >= 11 is 0. The summed E-state index contributed by atoms with van der Waals surface area (Å²) in [6, 6.07) is 11.1. The van der Waals surface area contributed by atoms with E-state index in [9.17, 15) is 26.4 Å². The van der Waals surface area contributed by atoms with E-state index in [2.05, 4.69) is 12.1 Å². The number of halogens is 3. The number of hydrogen-bond donors (Lipinski definition) is 1. The maximum absolute atomic E-state index is 13.4. The third-order valence-corrected chi connectivity index (χ3v) is 8.50. The molecule has 172 valence electrons. The Morgan fingerprint density at radius 3 is 2.59 bits per heavy atom. The van der Waals surface area contributed by atoms with E-state index >= 15 is 0 Å². The van der Waals surface area contributed by atoms with Crippen molar-refractivity contribution in [2.75, 3.05) is 6.54 Å². The number of primary amides is 1. The average molecular weight is 467 g/mol. The number of nitrogens with two attached hydrogens (primary N) is 1. The monoisotopic (exact) mass is 466 g/mol. The van der Waals surface area contributed by atoms with Crippen LogP contribution in [0.15, 0.2) is 53.4 Å². The number of hydrogen-bond acceptors (Lipinski definition) is 3. The predicted octanol–water partition coefficient (Wildman–Crippen LogP) is 4.08. The molecule has 2 aromatic rings. The molecule has 0 bridgehead atoms. The normalized spacial score (nSPS) is 24.3. The fourth-order valence-corrected chi connectivity index (χ4v) is 6.91. The van der Waals surface area contributed by atoms with E-state index in [1.54, 1.807) is 0 Å². The minimum absolute atomic E-state index is 0.0404. The number of fused-ring (bicyclic) bond motifs is 1. The zero-order valence-electron chi connectivity index (χ0n) is 17.4. The number of nitrogens with zero attached hydrogens (tertiary/aromatic N) is 1. The molecule has 1 fully saturated rings. The van der Waals surface area contributed by atoms with Crippen LogP contribution in [0.3, 0.4) is 0 Å². The molecule has 2 N–H and O–H groups in total. The second kappa shape index (κ2) is 8.51. The van der Waals surface area contributed by atoms with Crippen molar-refractivity contribution in [3.63, 3.8) is 0 Å². The van der Waals surface area contributed by atoms with Gasteiger partial charge in [0.15, 0.2) is 0 Å². The molecule has 1 saturated heterocycles. The first-order chi connectivity index (χ1) is 15.1. The molecule has 5 nitrogen and oxygen atoms in total. The molecule has 2 aromatic carbocycles. The van der Waals surface area contributed by atoms with Crippen LogP contribution in [0.1, 0.15) is 48.3 Å². The highest BCUT2D eigenvalue weighted by molar-refractivity contribution is 7.89. The van der Waals surface area contributed by atoms with Crippen molar-refractivity contribution in [1.82, 2.24) is 4.31 Å². The SMILES string of the molecule is NC(=O)CC1CC(C2CCCc3ccccc32)CN1S(=O)(=O)c1cccc(C(F)(F)F)c1. The molecule has 1 aliphatic carbocycles. The standard InChI is InChI=1S/C23H25F3N2O3S/c24-23(25,26)17-7-4-8-19(12-17)32(30,31)28-14-16(11-18(28)13-22(27)29)21-10-3-6-15-5-1-2-9-20(15)21/h1-2,4-5,7-9,12,16,18,21H,3,6,10-11,13-14H2,(H2,27,29). The van der Waals surface area contributed by atoms with Gasteiger partial charge >= 0.3 is 6.18 Å². The van der Waals surface area contributed by atoms with E-state index in [4.69, 9.17) is 5.73 Å². The van der Waals surface area contributed by atoms with Gasteiger partial charge in [0.05, 0.1) is 10.5 Å². The van der Waals surface area contributed by atoms with Crippen LogP contribution in [-0.2, 0) is 27.4 Å². The molecule has 1 heterocycles. The maximum atomic E-state index is 13.4. The lowest BCUT2D eigenvalue weighted by atomic mass is 9.75. The van der Waals surface area contributed by atoms with Crippen LogP contribution in [0.4, 0.5) is 13.2 Å². The Bertz CT molecular complexity index is 1120. The first-order valence-electron chi connectivity index (χ1n) is 10.6. The molecule has 1 amide bonds. The van der Waals surface area contributed by atoms with E-state index in [-0.39, 0.29) is 24.8 Å². The minimum Gasteiger partial charge on any atom is -0.370 e. The van der Waals surface area contributed by atoms with Gasteiger partial charge in [-0.15, -0.1) is 0 Å². The molecule has 4 rings (SSSR count). The molecule has 1 aliphatic heterocycles. The highest BCUT2D eigenvalue weighted by atomic mass is 32.2. The minimum atomic E-state index is -4.66. The van der Waals surface area contributed by atoms with Gasteiger partial charge < -0.3 is 5.73 Å². The number of alkyl halides is 3. The van der Waals surface area contributed by atoms with Crippen molar-refractivity contribution >= 4 is 15.9 Å². The van der Waals surface area contributed by atoms with Crippen molar-refractivity contribution in [1.29, 1.82) is 0 Å². The van der Waals surface area contributed by atoms with Gasteiger partial charge in [-0.25, -0.2) is 8.42 Å². The summed E-state index contributed by atoms with van der Waals surface area (Å²) in [6.07, 6.45) is -1.52. The van der Waals surface area contributed by atoms with Crippen LogP contribution in [0.2, 0.25) is 0 Å². The molecule has 32 heavy (non-hydrogen) atoms. The summed E-state index contributed by atoms with van der Waals surface area (Å²) in [7, 11) is -4.24. The number of amides is 1. The van der Waals surface area contributed by atoms with Crippen molar-refractivity contribution < 1.29 is 26.4 Å². The molecular weight excluding hydrogens is 441 g/mol. The second-order valence-corrected chi connectivity index (χ2v) is 10.5. The van der Waals surface area contributed by atoms with E-state index in [0.717, 1.165) is 37.5 Å². The fraction of sp³-hybridized carbons (Fsp3) is 0.435. The van der Waals surface area contributed by atoms with Gasteiger partial charge in [-0.05, 0) is 66.8 Å². The number of sulfonamides is 1. The summed E-state index contributed by atoms with van der Waals surface area (Å²) in [6.45, 7) is 0.148. The number of aryl methyl sites for hydroxylation is 1. The highest BCUT2D eigenvalue weighted by Crippen LogP contribution is 2.44. The van der Waals surface area contributed by atoms with Crippen molar-refractivity contribution in [2.24, 2.45) is 11.7 Å². The van der Waals surface area contributed by atoms with Crippen LogP contribution < -0.4 is 5.73 Å². The van der Waals surface area contributed by atoms with Gasteiger partial charge in [0, 0.05) is 19.0 Å². The summed E-state index contributed by atoms with van der Waals surface area (Å²) in [5.41, 5.74) is 6.80. The molecule has 0 spiro atoms. The van der Waals surface area contributed by atoms with Crippen LogP contribution in [0.25, 0.3) is 0 Å². The number of benzene rings is 2. The molecular formula is C23H25F3N2O3S. The highest BCUT2D eigenvalue weighted by Gasteiger charge is 2.44. The van der Waals surface area contributed by atoms with E-state index < -0.39 is 38.6 Å². The van der Waals surface area contributed by atoms with Crippen LogP contribution in [0.5, 0.6) is 0 Å². The Hall–Kier alpha value is -2.39. The van der Waals surface area contributed by atoms with Crippen molar-refractivity contribution in [2.45, 2.75) is 55.1 Å². The first kappa shape index (κ1) is 22.8. The smallest absolute Gasteiger partial charge is 0.370 e. The largest absolute Gasteiger partial charge is 0.416 e. The van der Waals surface area contributed by atoms with Gasteiger partial charge in [-0.3, -0.25) is 4.79 Å². The number of carbonyl (C=O) groups is 1. The van der Waals surface area contributed by atoms with E-state index in [1.165, 1.54) is 15.4 Å². The Morgan fingerprint density at radius 1 is 1.12 bits per heavy atom. The molecule has 3 unspecified atom stereocenters. The second-order valence-electron chi connectivity index (χ2n) is 8.62. The van der Waals surface area contributed by atoms with Crippen molar-refractivity contribution in [3.05, 3.63) is 65.2 Å². The van der Waals surface area contributed by atoms with Crippen LogP contribution in [0, 0.1) is 5.92 Å². The molecule has 9 heteroatoms. The lowest BCUT2D eigenvalue weighted by Crippen LogP contribution is -2.38. The Morgan fingerprint density at radius 2 is 1.88 bits per heavy atom. The first-order valence-corrected chi connectivity index (χ1v) is 12.1. The molecule has 2 aliphatic rings. The van der Waals surface area contributed by atoms with E-state index in [0.29, 0.717) is 12.5 Å². The topological polar surface area (TPSA) is 80.5 Å². The summed E-state index contributed by atoms with van der Waals surface area (Å²) in [5, 5.41) is 0.